The topological polar surface area (TPSA) is 83.5 Å². The highest BCUT2D eigenvalue weighted by molar-refractivity contribution is 7.15. The number of rotatable bonds is 5. The molecule has 0 radical (unpaired) electrons. The largest absolute Gasteiger partial charge is 0.391 e. The number of urea groups is 1. The van der Waals surface area contributed by atoms with E-state index < -0.39 is 6.10 Å². The summed E-state index contributed by atoms with van der Waals surface area (Å²) in [5, 5.41) is 15.3. The van der Waals surface area contributed by atoms with E-state index in [9.17, 15) is 9.90 Å². The molecule has 1 aromatic heterocycles. The van der Waals surface area contributed by atoms with Gasteiger partial charge in [-0.05, 0) is 39.0 Å². The smallest absolute Gasteiger partial charge is 0.321 e. The molecule has 21 heavy (non-hydrogen) atoms. The fourth-order valence-corrected chi connectivity index (χ4v) is 3.08. The number of hydrogen-bond donors (Lipinski definition) is 3. The average molecular weight is 313 g/mol. The third-order valence-corrected chi connectivity index (χ3v) is 4.62. The average Bonchev–Trinajstić information content (AvgIpc) is 2.86. The van der Waals surface area contributed by atoms with Crippen molar-refractivity contribution in [2.75, 3.05) is 18.5 Å². The summed E-state index contributed by atoms with van der Waals surface area (Å²) >= 11 is 1.50. The number of aliphatic hydroxyl groups is 1. The van der Waals surface area contributed by atoms with E-state index >= 15 is 0 Å². The van der Waals surface area contributed by atoms with Crippen LogP contribution in [0.15, 0.2) is 6.20 Å². The van der Waals surface area contributed by atoms with Crippen LogP contribution in [-0.2, 0) is 11.2 Å². The van der Waals surface area contributed by atoms with Crippen molar-refractivity contribution in [3.05, 3.63) is 11.1 Å². The van der Waals surface area contributed by atoms with Gasteiger partial charge in [-0.3, -0.25) is 5.32 Å². The number of hydrogen-bond acceptors (Lipinski definition) is 5. The molecule has 6 nitrogen and oxygen atoms in total. The van der Waals surface area contributed by atoms with Crippen molar-refractivity contribution in [1.29, 1.82) is 0 Å². The summed E-state index contributed by atoms with van der Waals surface area (Å²) in [6, 6.07) is -0.637. The van der Waals surface area contributed by atoms with Gasteiger partial charge in [0.15, 0.2) is 5.13 Å². The molecule has 0 saturated carbocycles. The first-order valence-electron chi connectivity index (χ1n) is 7.32. The van der Waals surface area contributed by atoms with Gasteiger partial charge in [0.2, 0.25) is 0 Å². The van der Waals surface area contributed by atoms with E-state index in [1.54, 1.807) is 13.8 Å². The minimum Gasteiger partial charge on any atom is -0.391 e. The van der Waals surface area contributed by atoms with Crippen molar-refractivity contribution in [3.8, 4) is 0 Å². The van der Waals surface area contributed by atoms with Crippen molar-refractivity contribution in [3.63, 3.8) is 0 Å². The lowest BCUT2D eigenvalue weighted by molar-refractivity contribution is 0.0667. The number of amides is 2. The molecule has 1 aliphatic rings. The molecular weight excluding hydrogens is 290 g/mol. The minimum atomic E-state index is -0.587. The number of nitrogens with zero attached hydrogens (tertiary/aromatic N) is 1. The van der Waals surface area contributed by atoms with Gasteiger partial charge in [-0.25, -0.2) is 9.78 Å². The number of carbonyl (C=O) groups is 1. The molecule has 2 heterocycles. The quantitative estimate of drug-likeness (QED) is 0.776. The maximum atomic E-state index is 11.7. The zero-order chi connectivity index (χ0) is 15.2. The second-order valence-electron chi connectivity index (χ2n) is 5.52. The van der Waals surface area contributed by atoms with Crippen LogP contribution in [0, 0.1) is 5.92 Å². The SMILES string of the molecule is CC(O)C(C)NC(=O)Nc1ncc(CC2CCOCC2)s1. The Labute approximate surface area is 128 Å². The van der Waals surface area contributed by atoms with Crippen molar-refractivity contribution < 1.29 is 14.6 Å². The van der Waals surface area contributed by atoms with Crippen LogP contribution >= 0.6 is 11.3 Å². The third kappa shape index (κ3) is 5.26. The standard InChI is InChI=1S/C14H23N3O3S/c1-9(10(2)18)16-13(19)17-14-15-8-12(21-14)7-11-3-5-20-6-4-11/h8-11,18H,3-7H2,1-2H3,(H2,15,16,17,19). The Hall–Kier alpha value is -1.18. The van der Waals surface area contributed by atoms with E-state index in [4.69, 9.17) is 4.74 Å². The van der Waals surface area contributed by atoms with Crippen LogP contribution in [0.2, 0.25) is 0 Å². The molecule has 0 spiro atoms. The lowest BCUT2D eigenvalue weighted by Gasteiger charge is -2.20. The lowest BCUT2D eigenvalue weighted by atomic mass is 9.96. The molecule has 2 amide bonds. The van der Waals surface area contributed by atoms with E-state index in [1.807, 2.05) is 6.20 Å². The van der Waals surface area contributed by atoms with E-state index in [0.29, 0.717) is 11.0 Å². The molecule has 1 fully saturated rings. The van der Waals surface area contributed by atoms with Gasteiger partial charge in [0.25, 0.3) is 0 Å². The highest BCUT2D eigenvalue weighted by Crippen LogP contribution is 2.25. The number of nitrogens with one attached hydrogen (secondary N) is 2. The normalized spacial score (nSPS) is 19.0. The summed E-state index contributed by atoms with van der Waals surface area (Å²) in [6.07, 6.45) is 4.42. The maximum Gasteiger partial charge on any atom is 0.321 e. The predicted molar refractivity (Wildman–Crippen MR) is 82.7 cm³/mol. The Morgan fingerprint density at radius 3 is 2.90 bits per heavy atom. The molecule has 1 aromatic rings. The molecule has 2 rings (SSSR count). The van der Waals surface area contributed by atoms with Gasteiger partial charge in [0, 0.05) is 24.3 Å². The second kappa shape index (κ2) is 7.72. The minimum absolute atomic E-state index is 0.299. The van der Waals surface area contributed by atoms with Gasteiger partial charge in [-0.15, -0.1) is 11.3 Å². The van der Waals surface area contributed by atoms with Crippen LogP contribution in [-0.4, -0.2) is 41.5 Å². The van der Waals surface area contributed by atoms with E-state index in [0.717, 1.165) is 32.5 Å². The Bertz CT molecular complexity index is 458. The summed E-state index contributed by atoms with van der Waals surface area (Å²) < 4.78 is 5.35. The fourth-order valence-electron chi connectivity index (χ4n) is 2.16. The number of thiazole rings is 1. The van der Waals surface area contributed by atoms with Crippen LogP contribution in [0.3, 0.4) is 0 Å². The number of aromatic nitrogens is 1. The van der Waals surface area contributed by atoms with Gasteiger partial charge in [0.05, 0.1) is 12.1 Å². The van der Waals surface area contributed by atoms with Gasteiger partial charge < -0.3 is 15.2 Å². The van der Waals surface area contributed by atoms with Crippen LogP contribution in [0.25, 0.3) is 0 Å². The molecule has 1 saturated heterocycles. The molecule has 118 valence electrons. The van der Waals surface area contributed by atoms with Gasteiger partial charge in [-0.2, -0.15) is 0 Å². The van der Waals surface area contributed by atoms with Crippen molar-refractivity contribution in [2.45, 2.75) is 45.3 Å². The summed E-state index contributed by atoms with van der Waals surface area (Å²) in [5.41, 5.74) is 0. The third-order valence-electron chi connectivity index (χ3n) is 3.69. The zero-order valence-corrected chi connectivity index (χ0v) is 13.3. The Morgan fingerprint density at radius 1 is 1.52 bits per heavy atom. The highest BCUT2D eigenvalue weighted by Gasteiger charge is 2.17. The van der Waals surface area contributed by atoms with Crippen LogP contribution in [0.1, 0.15) is 31.6 Å². The molecule has 1 aliphatic heterocycles. The van der Waals surface area contributed by atoms with E-state index in [1.165, 1.54) is 16.2 Å². The van der Waals surface area contributed by atoms with Crippen molar-refractivity contribution in [2.24, 2.45) is 5.92 Å². The summed E-state index contributed by atoms with van der Waals surface area (Å²) in [7, 11) is 0. The van der Waals surface area contributed by atoms with E-state index in [-0.39, 0.29) is 12.1 Å². The van der Waals surface area contributed by atoms with Crippen LogP contribution < -0.4 is 10.6 Å². The number of ether oxygens (including phenoxy) is 1. The van der Waals surface area contributed by atoms with Gasteiger partial charge >= 0.3 is 6.03 Å². The highest BCUT2D eigenvalue weighted by atomic mass is 32.1. The fraction of sp³-hybridized carbons (Fsp3) is 0.714. The molecule has 0 aliphatic carbocycles. The summed E-state index contributed by atoms with van der Waals surface area (Å²) in [6.45, 7) is 5.07. The molecule has 0 bridgehead atoms. The van der Waals surface area contributed by atoms with E-state index in [2.05, 4.69) is 15.6 Å². The molecule has 2 atom stereocenters. The maximum absolute atomic E-state index is 11.7. The first-order valence-corrected chi connectivity index (χ1v) is 8.14. The van der Waals surface area contributed by atoms with Crippen LogP contribution in [0.4, 0.5) is 9.93 Å². The van der Waals surface area contributed by atoms with Crippen molar-refractivity contribution >= 4 is 22.5 Å². The Morgan fingerprint density at radius 2 is 2.24 bits per heavy atom. The number of aliphatic hydroxyl groups excluding tert-OH is 1. The molecule has 3 N–H and O–H groups in total. The van der Waals surface area contributed by atoms with Gasteiger partial charge in [-0.1, -0.05) is 0 Å². The van der Waals surface area contributed by atoms with Crippen LogP contribution in [0.5, 0.6) is 0 Å². The summed E-state index contributed by atoms with van der Waals surface area (Å²) in [5.74, 6) is 0.649. The monoisotopic (exact) mass is 313 g/mol. The summed E-state index contributed by atoms with van der Waals surface area (Å²) in [4.78, 5) is 17.2. The lowest BCUT2D eigenvalue weighted by Crippen LogP contribution is -2.42. The first-order chi connectivity index (χ1) is 10.0. The Balaban J connectivity index is 1.80. The zero-order valence-electron chi connectivity index (χ0n) is 12.5. The van der Waals surface area contributed by atoms with Gasteiger partial charge in [0.1, 0.15) is 0 Å². The first kappa shape index (κ1) is 16.2. The number of carbonyl (C=O) groups excluding carboxylic acids is 1. The second-order valence-corrected chi connectivity index (χ2v) is 6.63. The molecular formula is C14H23N3O3S. The molecule has 0 aromatic carbocycles. The molecule has 7 heteroatoms. The number of anilines is 1. The molecule has 2 unspecified atom stereocenters. The Kier molecular flexibility index (Phi) is 5.96. The van der Waals surface area contributed by atoms with Crippen molar-refractivity contribution in [1.82, 2.24) is 10.3 Å². The predicted octanol–water partition coefficient (Wildman–Crippen LogP) is 2.00.